The molecule has 0 bridgehead atoms. The van der Waals surface area contributed by atoms with Crippen LogP contribution in [0.4, 0.5) is 4.79 Å². The summed E-state index contributed by atoms with van der Waals surface area (Å²) >= 11 is 0. The van der Waals surface area contributed by atoms with Gasteiger partial charge in [0.2, 0.25) is 0 Å². The maximum Gasteiger partial charge on any atom is 0.317 e. The first-order valence-corrected chi connectivity index (χ1v) is 13.6. The number of urea groups is 1. The standard InChI is InChI=1S/C28H40N4O3/c1-30-23-15-21(35-2)9-10-22(23)25-26(30)24(17-33)32(16-19-7-8-19)18-28(25)11-13-31(14-12-28)27(34)29-20-5-3-4-6-20/h9-10,15,19-20,24,33H,3-8,11-14,16-18H2,1-2H3,(H,29,34)/t24-/m0/s1. The number of nitrogens with zero attached hydrogens (tertiary/aromatic N) is 3. The van der Waals surface area contributed by atoms with Gasteiger partial charge < -0.3 is 24.6 Å². The maximum atomic E-state index is 13.0. The van der Waals surface area contributed by atoms with E-state index in [1.807, 2.05) is 4.90 Å². The van der Waals surface area contributed by atoms with Gasteiger partial charge in [-0.1, -0.05) is 12.8 Å². The van der Waals surface area contributed by atoms with E-state index in [0.29, 0.717) is 6.04 Å². The number of fused-ring (bicyclic) bond motifs is 4. The Kier molecular flexibility index (Phi) is 5.96. The first-order valence-electron chi connectivity index (χ1n) is 13.6. The number of nitrogens with one attached hydrogen (secondary N) is 1. The molecular weight excluding hydrogens is 440 g/mol. The molecule has 3 heterocycles. The number of piperidine rings is 1. The summed E-state index contributed by atoms with van der Waals surface area (Å²) in [5, 5.41) is 15.2. The number of likely N-dealkylation sites (tertiary alicyclic amines) is 1. The molecule has 1 aromatic heterocycles. The highest BCUT2D eigenvalue weighted by Crippen LogP contribution is 2.51. The minimum atomic E-state index is -0.00582. The van der Waals surface area contributed by atoms with Gasteiger partial charge in [-0.25, -0.2) is 4.79 Å². The Labute approximate surface area is 208 Å². The molecule has 1 spiro atoms. The highest BCUT2D eigenvalue weighted by molar-refractivity contribution is 5.88. The highest BCUT2D eigenvalue weighted by Gasteiger charge is 2.49. The zero-order chi connectivity index (χ0) is 24.2. The Hall–Kier alpha value is -2.25. The van der Waals surface area contributed by atoms with E-state index in [-0.39, 0.29) is 24.1 Å². The van der Waals surface area contributed by atoms with Crippen molar-refractivity contribution in [2.45, 2.75) is 68.9 Å². The van der Waals surface area contributed by atoms with Crippen LogP contribution in [0.15, 0.2) is 18.2 Å². The summed E-state index contributed by atoms with van der Waals surface area (Å²) in [6.07, 6.45) is 9.21. The zero-order valence-corrected chi connectivity index (χ0v) is 21.3. The van der Waals surface area contributed by atoms with E-state index in [2.05, 4.69) is 40.0 Å². The monoisotopic (exact) mass is 480 g/mol. The van der Waals surface area contributed by atoms with Gasteiger partial charge in [0.15, 0.2) is 0 Å². The number of aryl methyl sites for hydroxylation is 1. The van der Waals surface area contributed by atoms with Gasteiger partial charge in [-0.15, -0.1) is 0 Å². The van der Waals surface area contributed by atoms with Gasteiger partial charge in [0.25, 0.3) is 0 Å². The van der Waals surface area contributed by atoms with E-state index < -0.39 is 0 Å². The topological polar surface area (TPSA) is 70.0 Å². The molecule has 6 rings (SSSR count). The largest absolute Gasteiger partial charge is 0.497 e. The molecule has 7 heteroatoms. The van der Waals surface area contributed by atoms with Crippen molar-refractivity contribution < 1.29 is 14.6 Å². The van der Waals surface area contributed by atoms with E-state index in [1.165, 1.54) is 47.8 Å². The summed E-state index contributed by atoms with van der Waals surface area (Å²) in [5.74, 6) is 1.62. The van der Waals surface area contributed by atoms with Gasteiger partial charge in [0.1, 0.15) is 5.75 Å². The number of rotatable bonds is 5. The van der Waals surface area contributed by atoms with Crippen LogP contribution in [0.1, 0.15) is 68.7 Å². The molecule has 7 nitrogen and oxygen atoms in total. The summed E-state index contributed by atoms with van der Waals surface area (Å²) in [4.78, 5) is 17.6. The zero-order valence-electron chi connectivity index (χ0n) is 21.3. The Morgan fingerprint density at radius 2 is 1.91 bits per heavy atom. The number of carbonyl (C=O) groups is 1. The fourth-order valence-electron chi connectivity index (χ4n) is 7.17. The van der Waals surface area contributed by atoms with Crippen molar-refractivity contribution >= 4 is 16.9 Å². The summed E-state index contributed by atoms with van der Waals surface area (Å²) in [6, 6.07) is 6.89. The number of benzene rings is 1. The van der Waals surface area contributed by atoms with E-state index in [4.69, 9.17) is 4.74 Å². The Morgan fingerprint density at radius 3 is 2.57 bits per heavy atom. The summed E-state index contributed by atoms with van der Waals surface area (Å²) in [5.41, 5.74) is 3.82. The number of aromatic nitrogens is 1. The van der Waals surface area contributed by atoms with Crippen LogP contribution in [-0.2, 0) is 12.5 Å². The number of hydrogen-bond donors (Lipinski definition) is 2. The van der Waals surface area contributed by atoms with Crippen LogP contribution < -0.4 is 10.1 Å². The lowest BCUT2D eigenvalue weighted by molar-refractivity contribution is 0.0487. The molecule has 2 aromatic rings. The van der Waals surface area contributed by atoms with Gasteiger partial charge >= 0.3 is 6.03 Å². The maximum absolute atomic E-state index is 13.0. The fraction of sp³-hybridized carbons (Fsp3) is 0.679. The molecule has 4 aliphatic rings. The van der Waals surface area contributed by atoms with E-state index >= 15 is 0 Å². The lowest BCUT2D eigenvalue weighted by atomic mass is 9.68. The lowest BCUT2D eigenvalue weighted by Gasteiger charge is -2.50. The van der Waals surface area contributed by atoms with Crippen molar-refractivity contribution in [2.24, 2.45) is 13.0 Å². The highest BCUT2D eigenvalue weighted by atomic mass is 16.5. The van der Waals surface area contributed by atoms with Crippen LogP contribution in [0.2, 0.25) is 0 Å². The molecule has 2 N–H and O–H groups in total. The van der Waals surface area contributed by atoms with Crippen LogP contribution in [0.25, 0.3) is 10.9 Å². The van der Waals surface area contributed by atoms with Gasteiger partial charge in [-0.05, 0) is 62.1 Å². The van der Waals surface area contributed by atoms with Crippen molar-refractivity contribution in [3.8, 4) is 5.75 Å². The number of ether oxygens (including phenoxy) is 1. The number of carbonyl (C=O) groups excluding carboxylic acids is 1. The fourth-order valence-corrected chi connectivity index (χ4v) is 7.17. The molecule has 190 valence electrons. The SMILES string of the molecule is COc1ccc2c3c(n(C)c2c1)[C@H](CO)N(CC1CC1)CC31CCN(C(=O)NC2CCCC2)CC1. The first kappa shape index (κ1) is 23.2. The van der Waals surface area contributed by atoms with Gasteiger partial charge in [-0.3, -0.25) is 4.90 Å². The van der Waals surface area contributed by atoms with Gasteiger partial charge in [-0.2, -0.15) is 0 Å². The Bertz CT molecular complexity index is 1090. The summed E-state index contributed by atoms with van der Waals surface area (Å²) in [7, 11) is 3.85. The molecule has 2 amide bonds. The lowest BCUT2D eigenvalue weighted by Crippen LogP contribution is -2.56. The number of aliphatic hydroxyl groups excluding tert-OH is 1. The Morgan fingerprint density at radius 1 is 1.17 bits per heavy atom. The Balaban J connectivity index is 1.35. The van der Waals surface area contributed by atoms with Crippen molar-refractivity contribution in [1.29, 1.82) is 0 Å². The molecule has 0 unspecified atom stereocenters. The first-order chi connectivity index (χ1) is 17.0. The molecule has 3 fully saturated rings. The smallest absolute Gasteiger partial charge is 0.317 e. The van der Waals surface area contributed by atoms with Gasteiger partial charge in [0, 0.05) is 61.8 Å². The molecule has 2 aliphatic heterocycles. The van der Waals surface area contributed by atoms with E-state index in [1.54, 1.807) is 7.11 Å². The van der Waals surface area contributed by atoms with Crippen molar-refractivity contribution in [3.05, 3.63) is 29.5 Å². The molecule has 0 radical (unpaired) electrons. The molecule has 1 atom stereocenters. The van der Waals surface area contributed by atoms with Crippen molar-refractivity contribution in [2.75, 3.05) is 39.9 Å². The van der Waals surface area contributed by atoms with Crippen LogP contribution >= 0.6 is 0 Å². The number of aliphatic hydroxyl groups is 1. The second-order valence-electron chi connectivity index (χ2n) is 11.5. The third kappa shape index (κ3) is 4.01. The van der Waals surface area contributed by atoms with Gasteiger partial charge in [0.05, 0.1) is 25.3 Å². The van der Waals surface area contributed by atoms with Crippen molar-refractivity contribution in [1.82, 2.24) is 19.7 Å². The van der Waals surface area contributed by atoms with E-state index in [0.717, 1.165) is 63.5 Å². The average Bonchev–Trinajstić information content (AvgIpc) is 3.44. The van der Waals surface area contributed by atoms with Crippen LogP contribution in [0.3, 0.4) is 0 Å². The van der Waals surface area contributed by atoms with Crippen molar-refractivity contribution in [3.63, 3.8) is 0 Å². The summed E-state index contributed by atoms with van der Waals surface area (Å²) < 4.78 is 7.85. The normalized spacial score (nSPS) is 24.8. The molecular formula is C28H40N4O3. The minimum Gasteiger partial charge on any atom is -0.497 e. The molecule has 2 saturated carbocycles. The second kappa shape index (κ2) is 9.00. The molecule has 1 saturated heterocycles. The van der Waals surface area contributed by atoms with E-state index in [9.17, 15) is 9.90 Å². The third-order valence-electron chi connectivity index (χ3n) is 9.30. The average molecular weight is 481 g/mol. The number of methoxy groups -OCH3 is 1. The molecule has 35 heavy (non-hydrogen) atoms. The number of amides is 2. The number of hydrogen-bond acceptors (Lipinski definition) is 4. The quantitative estimate of drug-likeness (QED) is 0.680. The molecule has 2 aliphatic carbocycles. The van der Waals surface area contributed by atoms with Crippen LogP contribution in [0, 0.1) is 5.92 Å². The molecule has 1 aromatic carbocycles. The minimum absolute atomic E-state index is 0.00582. The predicted octanol–water partition coefficient (Wildman–Crippen LogP) is 3.93. The van der Waals surface area contributed by atoms with Crippen LogP contribution in [-0.4, -0.2) is 71.4 Å². The summed E-state index contributed by atoms with van der Waals surface area (Å²) in [6.45, 7) is 3.72. The third-order valence-corrected chi connectivity index (χ3v) is 9.30. The predicted molar refractivity (Wildman–Crippen MR) is 137 cm³/mol. The van der Waals surface area contributed by atoms with Crippen LogP contribution in [0.5, 0.6) is 5.75 Å². The second-order valence-corrected chi connectivity index (χ2v) is 11.5.